The lowest BCUT2D eigenvalue weighted by molar-refractivity contribution is -0.143. The number of aliphatic hydroxyl groups excluding tert-OH is 1. The predicted molar refractivity (Wildman–Crippen MR) is 143 cm³/mol. The molecule has 2 fully saturated rings. The molecule has 0 bridgehead atoms. The number of carbonyl (C=O) groups excluding carboxylic acids is 2. The Balaban J connectivity index is 1.27. The van der Waals surface area contributed by atoms with Crippen molar-refractivity contribution in [2.75, 3.05) is 6.54 Å². The molecule has 3 atom stereocenters. The van der Waals surface area contributed by atoms with Crippen molar-refractivity contribution in [1.29, 1.82) is 0 Å². The highest BCUT2D eigenvalue weighted by molar-refractivity contribution is 7.13. The first kappa shape index (κ1) is 25.6. The Bertz CT molecular complexity index is 1250. The Kier molecular flexibility index (Phi) is 7.44. The number of aryl methyl sites for hydroxylation is 1. The predicted octanol–water partition coefficient (Wildman–Crippen LogP) is 4.06. The van der Waals surface area contributed by atoms with Crippen LogP contribution in [-0.4, -0.2) is 55.3 Å². The number of aliphatic hydroxyl groups is 1. The second-order valence-corrected chi connectivity index (χ2v) is 11.5. The summed E-state index contributed by atoms with van der Waals surface area (Å²) in [5.41, 5.74) is 6.01. The molecule has 1 saturated heterocycles. The summed E-state index contributed by atoms with van der Waals surface area (Å²) in [5, 5.41) is 18.0. The lowest BCUT2D eigenvalue weighted by Gasteiger charge is -2.36. The Hall–Kier alpha value is -3.04. The number of amides is 2. The van der Waals surface area contributed by atoms with Gasteiger partial charge >= 0.3 is 0 Å². The summed E-state index contributed by atoms with van der Waals surface area (Å²) < 4.78 is 1.79. The largest absolute Gasteiger partial charge is 0.391 e. The van der Waals surface area contributed by atoms with Crippen LogP contribution in [0.1, 0.15) is 68.3 Å². The summed E-state index contributed by atoms with van der Waals surface area (Å²) in [7, 11) is 0. The number of aromatic nitrogens is 3. The first-order valence-corrected chi connectivity index (χ1v) is 14.0. The fourth-order valence-electron chi connectivity index (χ4n) is 5.23. The minimum atomic E-state index is -0.715. The van der Waals surface area contributed by atoms with Crippen molar-refractivity contribution in [3.05, 3.63) is 59.0 Å². The average molecular weight is 522 g/mol. The molecular formula is C28H35N5O3S. The Morgan fingerprint density at radius 2 is 1.97 bits per heavy atom. The van der Waals surface area contributed by atoms with Crippen LogP contribution in [0.4, 0.5) is 0 Å². The van der Waals surface area contributed by atoms with Gasteiger partial charge in [-0.25, -0.2) is 4.98 Å². The standard InChI is InChI=1S/C28H35N5O3S/c1-17(2)22-13-31-33(14-22)25(20-5-4-6-20)28(36)32-15-23(34)11-24(32)27(35)29-12-19-7-9-21(10-8-19)26-18(3)30-16-37-26/h7-10,13-14,16-17,20,23-25,34H,4-6,11-12,15H2,1-3H3,(H,29,35). The molecule has 3 heterocycles. The van der Waals surface area contributed by atoms with Gasteiger partial charge in [0.25, 0.3) is 0 Å². The molecule has 2 aliphatic rings. The lowest BCUT2D eigenvalue weighted by Crippen LogP contribution is -2.50. The Morgan fingerprint density at radius 3 is 2.57 bits per heavy atom. The molecule has 1 aliphatic carbocycles. The third-order valence-corrected chi connectivity index (χ3v) is 8.69. The average Bonchev–Trinajstić information content (AvgIpc) is 3.59. The quantitative estimate of drug-likeness (QED) is 0.466. The van der Waals surface area contributed by atoms with E-state index in [1.54, 1.807) is 20.9 Å². The van der Waals surface area contributed by atoms with Gasteiger partial charge < -0.3 is 15.3 Å². The highest BCUT2D eigenvalue weighted by Gasteiger charge is 2.44. The van der Waals surface area contributed by atoms with Crippen molar-refractivity contribution in [3.8, 4) is 10.4 Å². The van der Waals surface area contributed by atoms with E-state index in [4.69, 9.17) is 0 Å². The first-order valence-electron chi connectivity index (χ1n) is 13.1. The molecule has 1 aliphatic heterocycles. The third kappa shape index (κ3) is 5.33. The molecule has 2 aromatic heterocycles. The molecular weight excluding hydrogens is 486 g/mol. The first-order chi connectivity index (χ1) is 17.8. The van der Waals surface area contributed by atoms with Crippen LogP contribution in [0.3, 0.4) is 0 Å². The van der Waals surface area contributed by atoms with Gasteiger partial charge in [-0.05, 0) is 48.3 Å². The van der Waals surface area contributed by atoms with Crippen molar-refractivity contribution in [1.82, 2.24) is 25.0 Å². The maximum atomic E-state index is 13.8. The smallest absolute Gasteiger partial charge is 0.248 e. The van der Waals surface area contributed by atoms with Crippen LogP contribution in [0.2, 0.25) is 0 Å². The molecule has 3 unspecified atom stereocenters. The van der Waals surface area contributed by atoms with Gasteiger partial charge in [-0.2, -0.15) is 5.10 Å². The molecule has 1 aromatic carbocycles. The van der Waals surface area contributed by atoms with E-state index in [-0.39, 0.29) is 30.7 Å². The number of benzene rings is 1. The van der Waals surface area contributed by atoms with Crippen LogP contribution >= 0.6 is 11.3 Å². The fraction of sp³-hybridized carbons (Fsp3) is 0.500. The Morgan fingerprint density at radius 1 is 1.22 bits per heavy atom. The van der Waals surface area contributed by atoms with E-state index in [0.717, 1.165) is 46.5 Å². The minimum Gasteiger partial charge on any atom is -0.391 e. The van der Waals surface area contributed by atoms with E-state index in [9.17, 15) is 14.7 Å². The van der Waals surface area contributed by atoms with Crippen LogP contribution in [0.5, 0.6) is 0 Å². The summed E-state index contributed by atoms with van der Waals surface area (Å²) in [6.07, 6.45) is 6.36. The summed E-state index contributed by atoms with van der Waals surface area (Å²) in [6.45, 7) is 6.73. The number of β-amino-alcohol motifs (C(OH)–C–C–N with tert-alkyl or cyclic N) is 1. The highest BCUT2D eigenvalue weighted by atomic mass is 32.1. The minimum absolute atomic E-state index is 0.121. The topological polar surface area (TPSA) is 100 Å². The van der Waals surface area contributed by atoms with Gasteiger partial charge in [-0.1, -0.05) is 44.5 Å². The normalized spacial score (nSPS) is 20.7. The summed E-state index contributed by atoms with van der Waals surface area (Å²) in [5.74, 6) is 0.166. The number of hydrogen-bond acceptors (Lipinski definition) is 6. The number of carbonyl (C=O) groups is 2. The number of rotatable bonds is 8. The van der Waals surface area contributed by atoms with E-state index in [0.29, 0.717) is 12.5 Å². The van der Waals surface area contributed by atoms with Gasteiger partial charge in [0.15, 0.2) is 0 Å². The summed E-state index contributed by atoms with van der Waals surface area (Å²) in [6, 6.07) is 6.94. The van der Waals surface area contributed by atoms with Crippen LogP contribution in [0.25, 0.3) is 10.4 Å². The van der Waals surface area contributed by atoms with Gasteiger partial charge in [-0.15, -0.1) is 11.3 Å². The SMILES string of the molecule is Cc1ncsc1-c1ccc(CNC(=O)C2CC(O)CN2C(=O)C(C2CCC2)n2cc(C(C)C)cn2)cc1. The molecule has 0 spiro atoms. The maximum Gasteiger partial charge on any atom is 0.248 e. The second-order valence-electron chi connectivity index (χ2n) is 10.6. The van der Waals surface area contributed by atoms with Crippen LogP contribution < -0.4 is 5.32 Å². The van der Waals surface area contributed by atoms with Gasteiger partial charge in [0, 0.05) is 25.7 Å². The van der Waals surface area contributed by atoms with Crippen molar-refractivity contribution in [2.45, 2.75) is 77.1 Å². The van der Waals surface area contributed by atoms with Crippen molar-refractivity contribution in [2.24, 2.45) is 5.92 Å². The second kappa shape index (κ2) is 10.8. The molecule has 1 saturated carbocycles. The van der Waals surface area contributed by atoms with Gasteiger partial charge in [-0.3, -0.25) is 14.3 Å². The number of likely N-dealkylation sites (tertiary alicyclic amines) is 1. The van der Waals surface area contributed by atoms with Crippen LogP contribution in [-0.2, 0) is 16.1 Å². The summed E-state index contributed by atoms with van der Waals surface area (Å²) >= 11 is 1.61. The molecule has 196 valence electrons. The van der Waals surface area contributed by atoms with Crippen LogP contribution in [0, 0.1) is 12.8 Å². The monoisotopic (exact) mass is 521 g/mol. The molecule has 2 N–H and O–H groups in total. The zero-order valence-electron chi connectivity index (χ0n) is 21.6. The molecule has 2 amide bonds. The number of nitrogens with zero attached hydrogens (tertiary/aromatic N) is 4. The third-order valence-electron chi connectivity index (χ3n) is 7.72. The lowest BCUT2D eigenvalue weighted by atomic mass is 9.79. The number of hydrogen-bond donors (Lipinski definition) is 2. The number of thiazole rings is 1. The molecule has 37 heavy (non-hydrogen) atoms. The molecule has 8 nitrogen and oxygen atoms in total. The highest BCUT2D eigenvalue weighted by Crippen LogP contribution is 2.39. The maximum absolute atomic E-state index is 13.8. The molecule has 3 aromatic rings. The van der Waals surface area contributed by atoms with E-state index >= 15 is 0 Å². The van der Waals surface area contributed by atoms with E-state index < -0.39 is 18.2 Å². The zero-order chi connectivity index (χ0) is 26.1. The van der Waals surface area contributed by atoms with Crippen molar-refractivity contribution < 1.29 is 14.7 Å². The molecule has 0 radical (unpaired) electrons. The Labute approximate surface area is 221 Å². The fourth-order valence-corrected chi connectivity index (χ4v) is 6.04. The summed E-state index contributed by atoms with van der Waals surface area (Å²) in [4.78, 5) is 34.1. The van der Waals surface area contributed by atoms with Gasteiger partial charge in [0.05, 0.1) is 28.4 Å². The molecule has 5 rings (SSSR count). The van der Waals surface area contributed by atoms with Gasteiger partial charge in [0.2, 0.25) is 11.8 Å². The van der Waals surface area contributed by atoms with Gasteiger partial charge in [0.1, 0.15) is 12.1 Å². The van der Waals surface area contributed by atoms with E-state index in [1.807, 2.05) is 49.1 Å². The number of nitrogens with one attached hydrogen (secondary N) is 1. The van der Waals surface area contributed by atoms with Crippen molar-refractivity contribution in [3.63, 3.8) is 0 Å². The van der Waals surface area contributed by atoms with E-state index in [1.165, 1.54) is 0 Å². The zero-order valence-corrected chi connectivity index (χ0v) is 22.4. The van der Waals surface area contributed by atoms with E-state index in [2.05, 4.69) is 29.2 Å². The van der Waals surface area contributed by atoms with Crippen LogP contribution in [0.15, 0.2) is 42.2 Å². The molecule has 9 heteroatoms. The van der Waals surface area contributed by atoms with Crippen molar-refractivity contribution >= 4 is 23.2 Å².